The Balaban J connectivity index is 0.953. The molecule has 0 bridgehead atoms. The third kappa shape index (κ3) is 6.78. The first-order valence-corrected chi connectivity index (χ1v) is 16.3. The molecular formula is C37H46N2O3. The molecule has 2 atom stereocenters. The second kappa shape index (κ2) is 12.7. The molecular weight excluding hydrogens is 520 g/mol. The Kier molecular flexibility index (Phi) is 8.76. The van der Waals surface area contributed by atoms with Crippen LogP contribution in [-0.2, 0) is 19.3 Å². The number of fused-ring (bicyclic) bond motifs is 1. The molecule has 2 aromatic carbocycles. The Morgan fingerprint density at radius 3 is 2.55 bits per heavy atom. The highest BCUT2D eigenvalue weighted by Crippen LogP contribution is 2.61. The molecule has 5 heteroatoms. The minimum atomic E-state index is -0.246. The number of rotatable bonds is 10. The number of carbonyl (C=O) groups is 1. The molecule has 3 aliphatic carbocycles. The average molecular weight is 567 g/mol. The first-order chi connectivity index (χ1) is 20.4. The van der Waals surface area contributed by atoms with Crippen LogP contribution in [0.15, 0.2) is 65.8 Å². The number of Topliss-reactive ketones (excluding diaryl/α,β-unsaturated/α-hetero) is 1. The predicted molar refractivity (Wildman–Crippen MR) is 169 cm³/mol. The van der Waals surface area contributed by atoms with Crippen molar-refractivity contribution in [3.63, 3.8) is 0 Å². The van der Waals surface area contributed by atoms with Crippen LogP contribution in [0, 0.1) is 27.4 Å². The summed E-state index contributed by atoms with van der Waals surface area (Å²) in [5.74, 6) is 1.57. The van der Waals surface area contributed by atoms with Gasteiger partial charge in [0.2, 0.25) is 0 Å². The van der Waals surface area contributed by atoms with E-state index in [4.69, 9.17) is 0 Å². The molecule has 2 fully saturated rings. The maximum atomic E-state index is 13.2. The lowest BCUT2D eigenvalue weighted by Gasteiger charge is -2.33. The number of hydrogen-bond donors (Lipinski definition) is 0. The number of nitrogens with zero attached hydrogens (tertiary/aromatic N) is 2. The molecule has 0 radical (unpaired) electrons. The number of allylic oxidation sites excluding steroid dienone is 3. The summed E-state index contributed by atoms with van der Waals surface area (Å²) in [5.41, 5.74) is 8.12. The zero-order chi connectivity index (χ0) is 29.1. The zero-order valence-corrected chi connectivity index (χ0v) is 25.3. The first kappa shape index (κ1) is 29.0. The van der Waals surface area contributed by atoms with E-state index in [2.05, 4.69) is 42.2 Å². The summed E-state index contributed by atoms with van der Waals surface area (Å²) in [5, 5.41) is 11.5. The van der Waals surface area contributed by atoms with E-state index >= 15 is 0 Å². The van der Waals surface area contributed by atoms with Gasteiger partial charge in [-0.05, 0) is 132 Å². The third-order valence-corrected chi connectivity index (χ3v) is 10.9. The Labute approximate surface area is 251 Å². The molecule has 1 spiro atoms. The minimum absolute atomic E-state index is 0.246. The standard InChI is InChI=1S/C37H46N2O3/c1-27-9-11-29(12-10-27)26-38-21-17-28(18-22-38)5-4-8-36(40)33-14-13-30-15-19-37(20-16-31(30)23-33)25-34(37)24-32-6-2-3-7-35(32)39(41)42/h2-3,6-7,9,11,13-14,23,28,34H,4-5,8,10,12,15-22,24-26H2,1H3/t34?,37-/m0/s1. The van der Waals surface area contributed by atoms with Crippen LogP contribution in [0.25, 0.3) is 0 Å². The summed E-state index contributed by atoms with van der Waals surface area (Å²) >= 11 is 0. The average Bonchev–Trinajstić information content (AvgIpc) is 3.73. The lowest BCUT2D eigenvalue weighted by atomic mass is 9.89. The van der Waals surface area contributed by atoms with Gasteiger partial charge in [0.25, 0.3) is 5.69 Å². The van der Waals surface area contributed by atoms with Crippen molar-refractivity contribution in [2.45, 2.75) is 90.4 Å². The summed E-state index contributed by atoms with van der Waals surface area (Å²) in [6, 6.07) is 13.7. The van der Waals surface area contributed by atoms with Crippen molar-refractivity contribution in [2.75, 3.05) is 19.6 Å². The third-order valence-electron chi connectivity index (χ3n) is 10.9. The number of likely N-dealkylation sites (tertiary alicyclic amines) is 1. The molecule has 1 heterocycles. The molecule has 0 aromatic heterocycles. The predicted octanol–water partition coefficient (Wildman–Crippen LogP) is 8.45. The van der Waals surface area contributed by atoms with Crippen LogP contribution in [0.3, 0.4) is 0 Å². The maximum absolute atomic E-state index is 13.2. The Hall–Kier alpha value is -3.05. The molecule has 0 amide bonds. The highest BCUT2D eigenvalue weighted by atomic mass is 16.6. The fraction of sp³-hybridized carbons (Fsp3) is 0.541. The molecule has 222 valence electrons. The van der Waals surface area contributed by atoms with Crippen LogP contribution >= 0.6 is 0 Å². The number of nitro benzene ring substituents is 1. The van der Waals surface area contributed by atoms with Gasteiger partial charge in [0.05, 0.1) is 4.92 Å². The van der Waals surface area contributed by atoms with Crippen molar-refractivity contribution in [1.82, 2.24) is 4.90 Å². The van der Waals surface area contributed by atoms with E-state index < -0.39 is 0 Å². The first-order valence-electron chi connectivity index (χ1n) is 16.3. The highest BCUT2D eigenvalue weighted by Gasteiger charge is 2.53. The summed E-state index contributed by atoms with van der Waals surface area (Å²) in [7, 11) is 0. The van der Waals surface area contributed by atoms with Gasteiger partial charge in [-0.15, -0.1) is 0 Å². The topological polar surface area (TPSA) is 63.5 Å². The van der Waals surface area contributed by atoms with Crippen molar-refractivity contribution >= 4 is 11.5 Å². The Bertz CT molecular complexity index is 1380. The molecule has 4 aliphatic rings. The number of aryl methyl sites for hydroxylation is 2. The van der Waals surface area contributed by atoms with Crippen LogP contribution in [0.1, 0.15) is 98.2 Å². The summed E-state index contributed by atoms with van der Waals surface area (Å²) in [4.78, 5) is 27.0. The lowest BCUT2D eigenvalue weighted by Crippen LogP contribution is -2.35. The van der Waals surface area contributed by atoms with Crippen LogP contribution in [0.4, 0.5) is 5.69 Å². The smallest absolute Gasteiger partial charge is 0.272 e. The van der Waals surface area contributed by atoms with Crippen molar-refractivity contribution in [3.05, 3.63) is 98.1 Å². The van der Waals surface area contributed by atoms with Crippen molar-refractivity contribution in [3.8, 4) is 0 Å². The monoisotopic (exact) mass is 566 g/mol. The van der Waals surface area contributed by atoms with Gasteiger partial charge in [-0.2, -0.15) is 0 Å². The largest absolute Gasteiger partial charge is 0.299 e. The molecule has 42 heavy (non-hydrogen) atoms. The van der Waals surface area contributed by atoms with Gasteiger partial charge in [-0.1, -0.05) is 53.6 Å². The van der Waals surface area contributed by atoms with Crippen LogP contribution < -0.4 is 0 Å². The van der Waals surface area contributed by atoms with E-state index in [1.54, 1.807) is 17.7 Å². The van der Waals surface area contributed by atoms with Gasteiger partial charge in [-0.3, -0.25) is 19.8 Å². The van der Waals surface area contributed by atoms with E-state index in [-0.39, 0.29) is 10.6 Å². The lowest BCUT2D eigenvalue weighted by molar-refractivity contribution is -0.385. The van der Waals surface area contributed by atoms with Crippen molar-refractivity contribution in [1.29, 1.82) is 0 Å². The van der Waals surface area contributed by atoms with Crippen LogP contribution in [0.2, 0.25) is 0 Å². The van der Waals surface area contributed by atoms with Crippen LogP contribution in [0.5, 0.6) is 0 Å². The second-order valence-corrected chi connectivity index (χ2v) is 13.7. The highest BCUT2D eigenvalue weighted by molar-refractivity contribution is 5.96. The summed E-state index contributed by atoms with van der Waals surface area (Å²) in [6.45, 7) is 5.73. The Morgan fingerprint density at radius 2 is 1.79 bits per heavy atom. The van der Waals surface area contributed by atoms with Crippen LogP contribution in [-0.4, -0.2) is 35.2 Å². The van der Waals surface area contributed by atoms with Gasteiger partial charge < -0.3 is 0 Å². The van der Waals surface area contributed by atoms with Gasteiger partial charge in [-0.25, -0.2) is 0 Å². The van der Waals surface area contributed by atoms with Gasteiger partial charge in [0.1, 0.15) is 0 Å². The number of piperidine rings is 1. The molecule has 1 unspecified atom stereocenters. The number of hydrogen-bond acceptors (Lipinski definition) is 4. The van der Waals surface area contributed by atoms with E-state index in [1.807, 2.05) is 12.1 Å². The van der Waals surface area contributed by atoms with E-state index in [0.29, 0.717) is 23.5 Å². The van der Waals surface area contributed by atoms with Gasteiger partial charge in [0, 0.05) is 30.2 Å². The molecule has 2 aromatic rings. The molecule has 5 nitrogen and oxygen atoms in total. The maximum Gasteiger partial charge on any atom is 0.272 e. The van der Waals surface area contributed by atoms with Crippen molar-refractivity contribution < 1.29 is 9.72 Å². The Morgan fingerprint density at radius 1 is 1.00 bits per heavy atom. The van der Waals surface area contributed by atoms with E-state index in [1.165, 1.54) is 61.9 Å². The van der Waals surface area contributed by atoms with E-state index in [0.717, 1.165) is 68.5 Å². The summed E-state index contributed by atoms with van der Waals surface area (Å²) < 4.78 is 0. The summed E-state index contributed by atoms with van der Waals surface area (Å²) in [6.07, 6.45) is 18.7. The minimum Gasteiger partial charge on any atom is -0.299 e. The second-order valence-electron chi connectivity index (χ2n) is 13.7. The number of ketones is 1. The SMILES string of the molecule is CC1=CC=C(CN2CCC(CCCC(=O)c3ccc4c(c3)CC[C@@]3(CC4)CC3Cc3ccccc3[N+](=O)[O-])CC2)CC1. The van der Waals surface area contributed by atoms with Crippen molar-refractivity contribution in [2.24, 2.45) is 17.3 Å². The fourth-order valence-electron chi connectivity index (χ4n) is 7.96. The number of benzene rings is 2. The molecule has 1 aliphatic heterocycles. The number of carbonyl (C=O) groups excluding carboxylic acids is 1. The zero-order valence-electron chi connectivity index (χ0n) is 25.3. The molecule has 6 rings (SSSR count). The number of para-hydroxylation sites is 1. The quantitative estimate of drug-likeness (QED) is 0.164. The molecule has 1 saturated carbocycles. The normalized spacial score (nSPS) is 24.5. The molecule has 1 saturated heterocycles. The number of nitro groups is 1. The fourth-order valence-corrected chi connectivity index (χ4v) is 7.96. The van der Waals surface area contributed by atoms with Gasteiger partial charge in [0.15, 0.2) is 5.78 Å². The molecule has 0 N–H and O–H groups in total. The van der Waals surface area contributed by atoms with Gasteiger partial charge >= 0.3 is 0 Å². The van der Waals surface area contributed by atoms with E-state index in [9.17, 15) is 14.9 Å².